The van der Waals surface area contributed by atoms with E-state index in [0.717, 1.165) is 81.5 Å². The van der Waals surface area contributed by atoms with E-state index < -0.39 is 57.0 Å². The summed E-state index contributed by atoms with van der Waals surface area (Å²) in [6.45, 7) is 21.1. The number of carbonyl (C=O) groups excluding carboxylic acids is 5. The molecule has 2 spiro atoms. The fourth-order valence-electron chi connectivity index (χ4n) is 11.9. The molecule has 4 saturated carbocycles. The first-order valence-electron chi connectivity index (χ1n) is 22.4. The van der Waals surface area contributed by atoms with Crippen molar-refractivity contribution >= 4 is 39.7 Å². The number of piperidine rings is 1. The summed E-state index contributed by atoms with van der Waals surface area (Å²) in [6, 6.07) is -2.95. The maximum absolute atomic E-state index is 15.3. The monoisotopic (exact) mass is 844 g/mol. The van der Waals surface area contributed by atoms with Crippen LogP contribution in [0, 0.1) is 33.5 Å². The van der Waals surface area contributed by atoms with Crippen molar-refractivity contribution in [1.29, 1.82) is 0 Å². The normalized spacial score (nSPS) is 31.3. The number of nitrogens with zero attached hydrogens (tertiary/aromatic N) is 3. The Bertz CT molecular complexity index is 1780. The smallest absolute Gasteiger partial charge is 0.303 e. The summed E-state index contributed by atoms with van der Waals surface area (Å²) in [5, 5.41) is 9.28. The lowest BCUT2D eigenvalue weighted by atomic mass is 9.73. The molecule has 0 unspecified atom stereocenters. The first kappa shape index (κ1) is 45.5. The lowest BCUT2D eigenvalue weighted by Crippen LogP contribution is -2.63. The molecule has 4 N–H and O–H groups in total. The molecule has 6 rings (SSSR count). The summed E-state index contributed by atoms with van der Waals surface area (Å²) in [6.07, 6.45) is 12.5. The van der Waals surface area contributed by atoms with Crippen LogP contribution in [0.1, 0.15) is 139 Å². The summed E-state index contributed by atoms with van der Waals surface area (Å²) >= 11 is 0. The largest absolute Gasteiger partial charge is 0.343 e. The lowest BCUT2D eigenvalue weighted by molar-refractivity contribution is -0.145. The highest BCUT2D eigenvalue weighted by molar-refractivity contribution is 7.87. The van der Waals surface area contributed by atoms with Gasteiger partial charge in [-0.3, -0.25) is 28.9 Å². The number of hydrogen-bond donors (Lipinski definition) is 4. The first-order valence-corrected chi connectivity index (χ1v) is 23.9. The van der Waals surface area contributed by atoms with Gasteiger partial charge in [-0.2, -0.15) is 12.7 Å². The van der Waals surface area contributed by atoms with E-state index in [0.29, 0.717) is 13.0 Å². The van der Waals surface area contributed by atoms with Crippen molar-refractivity contribution in [3.8, 4) is 0 Å². The van der Waals surface area contributed by atoms with Crippen molar-refractivity contribution in [2.24, 2.45) is 33.5 Å². The van der Waals surface area contributed by atoms with Gasteiger partial charge in [0.2, 0.25) is 23.6 Å². The van der Waals surface area contributed by atoms with Crippen LogP contribution in [-0.2, 0) is 34.2 Å². The predicted molar refractivity (Wildman–Crippen MR) is 227 cm³/mol. The minimum Gasteiger partial charge on any atom is -0.343 e. The average Bonchev–Trinajstić information content (AvgIpc) is 3.89. The zero-order chi connectivity index (χ0) is 43.5. The van der Waals surface area contributed by atoms with Gasteiger partial charge in [-0.25, -0.2) is 4.72 Å². The zero-order valence-electron chi connectivity index (χ0n) is 37.2. The molecule has 332 valence electrons. The topological polar surface area (TPSA) is 177 Å². The molecule has 15 heteroatoms. The molecule has 0 radical (unpaired) electrons. The molecule has 7 atom stereocenters. The van der Waals surface area contributed by atoms with E-state index in [4.69, 9.17) is 0 Å². The second-order valence-electron chi connectivity index (χ2n) is 20.7. The van der Waals surface area contributed by atoms with Crippen LogP contribution in [0.5, 0.6) is 0 Å². The van der Waals surface area contributed by atoms with Gasteiger partial charge in [-0.05, 0) is 93.9 Å². The van der Waals surface area contributed by atoms with E-state index in [2.05, 4.69) is 59.8 Å². The van der Waals surface area contributed by atoms with Crippen LogP contribution in [-0.4, -0.2) is 114 Å². The van der Waals surface area contributed by atoms with E-state index >= 15 is 4.79 Å². The van der Waals surface area contributed by atoms with Crippen molar-refractivity contribution in [3.05, 3.63) is 12.7 Å². The van der Waals surface area contributed by atoms with Gasteiger partial charge in [0.25, 0.3) is 5.91 Å². The molecule has 0 aromatic heterocycles. The molecular formula is C44H73N7O7S. The number of fused-ring (bicyclic) bond motifs is 1. The minimum absolute atomic E-state index is 0.0233. The number of likely N-dealkylation sites (tertiary alicyclic amines) is 2. The second kappa shape index (κ2) is 16.3. The summed E-state index contributed by atoms with van der Waals surface area (Å²) in [7, 11) is -2.80. The van der Waals surface area contributed by atoms with Gasteiger partial charge >= 0.3 is 10.2 Å². The van der Waals surface area contributed by atoms with Crippen LogP contribution in [0.25, 0.3) is 0 Å². The first-order chi connectivity index (χ1) is 27.5. The van der Waals surface area contributed by atoms with Gasteiger partial charge in [0, 0.05) is 37.5 Å². The highest BCUT2D eigenvalue weighted by Crippen LogP contribution is 2.88. The van der Waals surface area contributed by atoms with Gasteiger partial charge in [0.15, 0.2) is 0 Å². The molecular weight excluding hydrogens is 771 g/mol. The molecule has 14 nitrogen and oxygen atoms in total. The number of amides is 5. The van der Waals surface area contributed by atoms with Crippen LogP contribution in [0.4, 0.5) is 0 Å². The highest BCUT2D eigenvalue weighted by Gasteiger charge is 2.85. The van der Waals surface area contributed by atoms with Crippen molar-refractivity contribution in [1.82, 2.24) is 34.8 Å². The highest BCUT2D eigenvalue weighted by atomic mass is 32.2. The molecule has 6 fully saturated rings. The predicted octanol–water partition coefficient (Wildman–Crippen LogP) is 4.02. The Kier molecular flexibility index (Phi) is 12.6. The van der Waals surface area contributed by atoms with E-state index in [1.54, 1.807) is 17.9 Å². The summed E-state index contributed by atoms with van der Waals surface area (Å²) in [5.74, 6) is -2.85. The third-order valence-electron chi connectivity index (χ3n) is 16.1. The van der Waals surface area contributed by atoms with E-state index in [1.807, 2.05) is 20.8 Å². The zero-order valence-corrected chi connectivity index (χ0v) is 38.1. The Morgan fingerprint density at radius 2 is 1.53 bits per heavy atom. The van der Waals surface area contributed by atoms with E-state index in [-0.39, 0.29) is 64.9 Å². The van der Waals surface area contributed by atoms with Gasteiger partial charge in [-0.15, -0.1) is 6.58 Å². The lowest BCUT2D eigenvalue weighted by Gasteiger charge is -2.40. The van der Waals surface area contributed by atoms with Crippen LogP contribution in [0.2, 0.25) is 0 Å². The number of carbonyl (C=O) groups is 5. The fraction of sp³-hybridized carbons (Fsp3) is 0.841. The van der Waals surface area contributed by atoms with Crippen LogP contribution in [0.15, 0.2) is 12.7 Å². The average molecular weight is 844 g/mol. The Labute approximate surface area is 353 Å². The molecule has 2 saturated heterocycles. The van der Waals surface area contributed by atoms with Crippen LogP contribution in [0.3, 0.4) is 0 Å². The van der Waals surface area contributed by atoms with Crippen molar-refractivity contribution in [3.63, 3.8) is 0 Å². The van der Waals surface area contributed by atoms with Gasteiger partial charge in [0.1, 0.15) is 23.7 Å². The molecule has 0 aromatic carbocycles. The van der Waals surface area contributed by atoms with Crippen molar-refractivity contribution < 1.29 is 32.4 Å². The van der Waals surface area contributed by atoms with Crippen molar-refractivity contribution in [2.45, 2.75) is 175 Å². The minimum atomic E-state index is -4.16. The van der Waals surface area contributed by atoms with E-state index in [9.17, 15) is 27.6 Å². The molecule has 6 aliphatic rings. The molecule has 0 aromatic rings. The maximum atomic E-state index is 15.3. The molecule has 59 heavy (non-hydrogen) atoms. The maximum Gasteiger partial charge on any atom is 0.303 e. The summed E-state index contributed by atoms with van der Waals surface area (Å²) < 4.78 is 29.0. The molecule has 4 aliphatic carbocycles. The number of nitrogens with one attached hydrogen (secondary N) is 4. The van der Waals surface area contributed by atoms with Crippen LogP contribution < -0.4 is 20.7 Å². The third kappa shape index (κ3) is 7.87. The Balaban J connectivity index is 1.28. The Hall–Kier alpha value is -3.04. The second-order valence-corrected chi connectivity index (χ2v) is 22.5. The number of hydrogen-bond acceptors (Lipinski definition) is 8. The standard InChI is InChI=1S/C44H73N7O7S/c1-11-30-25-44(30,39(56)48-59(57,58)49(10)12-2)47-36(53)32-26-43(41(8,9)42(43)22-18-23-42)27-51(32)38(55)34(40(5,6)7)46-37(54)33(29-19-14-13-15-20-29)45-35(52)31-21-16-17-24-50(31)28(3)4/h11,28-34H,1,12-27H2,2-10H3,(H,45,52)(H,46,54)(H,47,53)(H,48,56)/t30-,31+,32+,33+,34-,43-,44-/m1/s1. The quantitative estimate of drug-likeness (QED) is 0.190. The fourth-order valence-corrected chi connectivity index (χ4v) is 12.8. The summed E-state index contributed by atoms with van der Waals surface area (Å²) in [4.78, 5) is 76.3. The van der Waals surface area contributed by atoms with Gasteiger partial charge in [0.05, 0.1) is 6.04 Å². The molecule has 2 heterocycles. The number of rotatable bonds is 14. The van der Waals surface area contributed by atoms with Gasteiger partial charge < -0.3 is 20.9 Å². The van der Waals surface area contributed by atoms with E-state index in [1.165, 1.54) is 7.05 Å². The van der Waals surface area contributed by atoms with Gasteiger partial charge in [-0.1, -0.05) is 79.7 Å². The molecule has 2 aliphatic heterocycles. The molecule has 0 bridgehead atoms. The third-order valence-corrected chi connectivity index (χ3v) is 17.7. The Morgan fingerprint density at radius 1 is 0.881 bits per heavy atom. The molecule has 5 amide bonds. The van der Waals surface area contributed by atoms with Crippen molar-refractivity contribution in [2.75, 3.05) is 26.7 Å². The Morgan fingerprint density at radius 3 is 2.05 bits per heavy atom. The SMILES string of the molecule is C=C[C@@H]1C[C@]1(NC(=O)[C@@H]1C[C@@]2(CN1C(=O)[C@@H](NC(=O)[C@@H](NC(=O)[C@@H]1CCCCN1C(C)C)C1CCCCC1)C(C)(C)C)C(C)(C)C21CCC1)C(=O)NS(=O)(=O)N(C)CC. The summed E-state index contributed by atoms with van der Waals surface area (Å²) in [5.41, 5.74) is -2.83. The van der Waals surface area contributed by atoms with Crippen LogP contribution >= 0.6 is 0 Å².